The van der Waals surface area contributed by atoms with E-state index in [1.807, 2.05) is 24.3 Å². The number of aryl methyl sites for hydroxylation is 1. The Morgan fingerprint density at radius 3 is 2.86 bits per heavy atom. The Morgan fingerprint density at radius 1 is 1.38 bits per heavy atom. The number of rotatable bonds is 5. The first-order valence-electron chi connectivity index (χ1n) is 10.2. The molecule has 1 atom stereocenters. The molecule has 29 heavy (non-hydrogen) atoms. The summed E-state index contributed by atoms with van der Waals surface area (Å²) >= 11 is 0. The van der Waals surface area contributed by atoms with Crippen molar-refractivity contribution < 1.29 is 4.79 Å². The Morgan fingerprint density at radius 2 is 2.17 bits per heavy atom. The molecule has 1 amide bonds. The molecule has 0 spiro atoms. The van der Waals surface area contributed by atoms with Gasteiger partial charge in [-0.25, -0.2) is 0 Å². The average Bonchev–Trinajstić information content (AvgIpc) is 3.14. The van der Waals surface area contributed by atoms with Crippen LogP contribution in [0.2, 0.25) is 0 Å². The number of nitrogens with zero attached hydrogens (tertiary/aromatic N) is 4. The highest BCUT2D eigenvalue weighted by atomic mass is 16.2. The molecule has 7 nitrogen and oxygen atoms in total. The van der Waals surface area contributed by atoms with Gasteiger partial charge >= 0.3 is 0 Å². The molecule has 7 heteroatoms. The van der Waals surface area contributed by atoms with Gasteiger partial charge in [0.05, 0.1) is 5.69 Å². The van der Waals surface area contributed by atoms with Gasteiger partial charge in [-0.1, -0.05) is 12.1 Å². The van der Waals surface area contributed by atoms with Gasteiger partial charge in [-0.2, -0.15) is 5.10 Å². The third kappa shape index (κ3) is 5.16. The van der Waals surface area contributed by atoms with Crippen molar-refractivity contribution in [1.29, 1.82) is 0 Å². The smallest absolute Gasteiger partial charge is 0.253 e. The molecule has 2 N–H and O–H groups in total. The average molecular weight is 397 g/mol. The standard InChI is InChI=1S/C22H32N6O/c1-15(2)28-14-18-9-10-19(12-20(18)26-28)25-22(23-3)24-13-16-7-6-8-17(11-16)21(29)27(4)5/h6-8,11,14-15,19H,9-10,12-13H2,1-5H3,(H2,23,24,25). The van der Waals surface area contributed by atoms with Gasteiger partial charge in [-0.15, -0.1) is 0 Å². The van der Waals surface area contributed by atoms with Crippen LogP contribution < -0.4 is 10.6 Å². The summed E-state index contributed by atoms with van der Waals surface area (Å²) in [5.41, 5.74) is 4.29. The van der Waals surface area contributed by atoms with Crippen molar-refractivity contribution in [1.82, 2.24) is 25.3 Å². The van der Waals surface area contributed by atoms with Crippen LogP contribution in [0.3, 0.4) is 0 Å². The van der Waals surface area contributed by atoms with Gasteiger partial charge in [0.15, 0.2) is 5.96 Å². The first-order valence-corrected chi connectivity index (χ1v) is 10.2. The van der Waals surface area contributed by atoms with Crippen molar-refractivity contribution in [2.24, 2.45) is 4.99 Å². The largest absolute Gasteiger partial charge is 0.353 e. The molecule has 156 valence electrons. The maximum absolute atomic E-state index is 12.2. The Hall–Kier alpha value is -2.83. The fourth-order valence-electron chi connectivity index (χ4n) is 3.55. The Balaban J connectivity index is 1.58. The summed E-state index contributed by atoms with van der Waals surface area (Å²) < 4.78 is 2.06. The fourth-order valence-corrected chi connectivity index (χ4v) is 3.55. The second-order valence-corrected chi connectivity index (χ2v) is 8.08. The number of fused-ring (bicyclic) bond motifs is 1. The molecular weight excluding hydrogens is 364 g/mol. The highest BCUT2D eigenvalue weighted by molar-refractivity contribution is 5.94. The van der Waals surface area contributed by atoms with Gasteiger partial charge in [0, 0.05) is 58.0 Å². The molecule has 3 rings (SSSR count). The van der Waals surface area contributed by atoms with Crippen LogP contribution in [-0.4, -0.2) is 53.7 Å². The van der Waals surface area contributed by atoms with Crippen LogP contribution in [0.15, 0.2) is 35.5 Å². The van der Waals surface area contributed by atoms with Crippen LogP contribution in [0.1, 0.15) is 53.5 Å². The van der Waals surface area contributed by atoms with Crippen molar-refractivity contribution in [2.75, 3.05) is 21.1 Å². The molecule has 1 aliphatic rings. The monoisotopic (exact) mass is 396 g/mol. The second-order valence-electron chi connectivity index (χ2n) is 8.08. The minimum atomic E-state index is 0.00759. The van der Waals surface area contributed by atoms with E-state index in [-0.39, 0.29) is 5.91 Å². The number of carbonyl (C=O) groups is 1. The third-order valence-electron chi connectivity index (χ3n) is 5.23. The Bertz CT molecular complexity index is 883. The van der Waals surface area contributed by atoms with Crippen molar-refractivity contribution in [3.63, 3.8) is 0 Å². The van der Waals surface area contributed by atoms with E-state index < -0.39 is 0 Å². The lowest BCUT2D eigenvalue weighted by atomic mass is 9.94. The number of amides is 1. The van der Waals surface area contributed by atoms with E-state index >= 15 is 0 Å². The number of carbonyl (C=O) groups excluding carboxylic acids is 1. The van der Waals surface area contributed by atoms with Crippen molar-refractivity contribution >= 4 is 11.9 Å². The van der Waals surface area contributed by atoms with Gasteiger partial charge in [0.1, 0.15) is 0 Å². The highest BCUT2D eigenvalue weighted by Gasteiger charge is 2.23. The summed E-state index contributed by atoms with van der Waals surface area (Å²) in [5.74, 6) is 0.777. The number of hydrogen-bond donors (Lipinski definition) is 2. The van der Waals surface area contributed by atoms with Gasteiger partial charge in [-0.3, -0.25) is 14.5 Å². The van der Waals surface area contributed by atoms with E-state index in [2.05, 4.69) is 40.4 Å². The van der Waals surface area contributed by atoms with Gasteiger partial charge in [0.25, 0.3) is 5.91 Å². The molecule has 1 aromatic heterocycles. The van der Waals surface area contributed by atoms with Crippen LogP contribution >= 0.6 is 0 Å². The Labute approximate surface area is 173 Å². The van der Waals surface area contributed by atoms with Gasteiger partial charge in [0.2, 0.25) is 0 Å². The molecule has 0 bridgehead atoms. The third-order valence-corrected chi connectivity index (χ3v) is 5.23. The van der Waals surface area contributed by atoms with E-state index in [0.717, 1.165) is 30.8 Å². The number of guanidine groups is 1. The van der Waals surface area contributed by atoms with E-state index in [9.17, 15) is 4.79 Å². The molecular formula is C22H32N6O. The highest BCUT2D eigenvalue weighted by Crippen LogP contribution is 2.21. The predicted octanol–water partition coefficient (Wildman–Crippen LogP) is 2.39. The molecule has 1 unspecified atom stereocenters. The van der Waals surface area contributed by atoms with Gasteiger partial charge in [-0.05, 0) is 49.9 Å². The molecule has 0 fully saturated rings. The zero-order valence-corrected chi connectivity index (χ0v) is 18.1. The first kappa shape index (κ1) is 20.9. The summed E-state index contributed by atoms with van der Waals surface area (Å²) in [6.45, 7) is 4.91. The lowest BCUT2D eigenvalue weighted by Gasteiger charge is -2.24. The number of hydrogen-bond acceptors (Lipinski definition) is 3. The maximum Gasteiger partial charge on any atom is 0.253 e. The molecule has 0 saturated heterocycles. The number of benzene rings is 1. The van der Waals surface area contributed by atoms with Crippen LogP contribution in [0.4, 0.5) is 0 Å². The van der Waals surface area contributed by atoms with Crippen LogP contribution in [0, 0.1) is 0 Å². The quantitative estimate of drug-likeness (QED) is 0.601. The number of aromatic nitrogens is 2. The fraction of sp³-hybridized carbons (Fsp3) is 0.500. The SMILES string of the molecule is CN=C(NCc1cccc(C(=O)N(C)C)c1)NC1CCc2cn(C(C)C)nc2C1. The van der Waals surface area contributed by atoms with Crippen LogP contribution in [-0.2, 0) is 19.4 Å². The lowest BCUT2D eigenvalue weighted by Crippen LogP contribution is -2.45. The Kier molecular flexibility index (Phi) is 6.56. The summed E-state index contributed by atoms with van der Waals surface area (Å²) in [6.07, 6.45) is 5.18. The van der Waals surface area contributed by atoms with Gasteiger partial charge < -0.3 is 15.5 Å². The number of nitrogens with one attached hydrogen (secondary N) is 2. The molecule has 2 aromatic rings. The molecule has 1 aliphatic carbocycles. The van der Waals surface area contributed by atoms with Crippen molar-refractivity contribution in [2.45, 2.75) is 51.7 Å². The van der Waals surface area contributed by atoms with E-state index in [0.29, 0.717) is 24.2 Å². The zero-order chi connectivity index (χ0) is 21.0. The molecule has 0 radical (unpaired) electrons. The lowest BCUT2D eigenvalue weighted by molar-refractivity contribution is 0.0827. The predicted molar refractivity (Wildman–Crippen MR) is 116 cm³/mol. The maximum atomic E-state index is 12.2. The molecule has 1 heterocycles. The number of aliphatic imine (C=N–C) groups is 1. The normalized spacial score (nSPS) is 16.5. The molecule has 1 aromatic carbocycles. The summed E-state index contributed by atoms with van der Waals surface area (Å²) in [6, 6.07) is 8.39. The molecule has 0 saturated carbocycles. The van der Waals surface area contributed by atoms with E-state index in [1.54, 1.807) is 26.0 Å². The van der Waals surface area contributed by atoms with Crippen molar-refractivity contribution in [3.05, 3.63) is 52.8 Å². The summed E-state index contributed by atoms with van der Waals surface area (Å²) in [4.78, 5) is 18.1. The zero-order valence-electron chi connectivity index (χ0n) is 18.1. The second kappa shape index (κ2) is 9.11. The van der Waals surface area contributed by atoms with Crippen molar-refractivity contribution in [3.8, 4) is 0 Å². The summed E-state index contributed by atoms with van der Waals surface area (Å²) in [7, 11) is 5.31. The van der Waals surface area contributed by atoms with Crippen LogP contribution in [0.5, 0.6) is 0 Å². The molecule has 0 aliphatic heterocycles. The first-order chi connectivity index (χ1) is 13.9. The van der Waals surface area contributed by atoms with E-state index in [4.69, 9.17) is 5.10 Å². The minimum Gasteiger partial charge on any atom is -0.353 e. The van der Waals surface area contributed by atoms with E-state index in [1.165, 1.54) is 11.3 Å². The van der Waals surface area contributed by atoms with Crippen LogP contribution in [0.25, 0.3) is 0 Å². The minimum absolute atomic E-state index is 0.00759. The topological polar surface area (TPSA) is 74.6 Å². The summed E-state index contributed by atoms with van der Waals surface area (Å²) in [5, 5.41) is 11.6.